The highest BCUT2D eigenvalue weighted by molar-refractivity contribution is 7.89. The molecular weight excluding hydrogens is 454 g/mol. The van der Waals surface area contributed by atoms with E-state index in [1.54, 1.807) is 0 Å². The smallest absolute Gasteiger partial charge is 0.253 e. The second-order valence-electron chi connectivity index (χ2n) is 7.77. The van der Waals surface area contributed by atoms with Crippen LogP contribution in [0.4, 0.5) is 17.1 Å². The number of halogens is 1. The van der Waals surface area contributed by atoms with Crippen molar-refractivity contribution >= 4 is 38.7 Å². The third-order valence-electron chi connectivity index (χ3n) is 5.51. The van der Waals surface area contributed by atoms with Crippen molar-refractivity contribution in [3.05, 3.63) is 73.5 Å². The molecule has 0 saturated carbocycles. The maximum atomic E-state index is 12.6. The lowest BCUT2D eigenvalue weighted by Crippen LogP contribution is -2.42. The Balaban J connectivity index is 2.03. The van der Waals surface area contributed by atoms with Gasteiger partial charge in [-0.1, -0.05) is 48.9 Å². The first kappa shape index (κ1) is 23.8. The minimum absolute atomic E-state index is 0.0589. The zero-order valence-electron chi connectivity index (χ0n) is 18.1. The topological polar surface area (TPSA) is 116 Å². The van der Waals surface area contributed by atoms with Gasteiger partial charge in [0.25, 0.3) is 10.9 Å². The number of phenols is 1. The van der Waals surface area contributed by atoms with Crippen molar-refractivity contribution in [2.75, 3.05) is 24.7 Å². The maximum absolute atomic E-state index is 12.6. The molecule has 0 spiro atoms. The van der Waals surface area contributed by atoms with E-state index in [0.29, 0.717) is 6.42 Å². The molecule has 0 aromatic heterocycles. The Bertz CT molecular complexity index is 1330. The number of nitrogens with zero attached hydrogens (tertiary/aromatic N) is 1. The van der Waals surface area contributed by atoms with E-state index in [1.807, 2.05) is 44.2 Å². The number of hydrogen-bond acceptors (Lipinski definition) is 7. The predicted molar refractivity (Wildman–Crippen MR) is 126 cm³/mol. The molecule has 0 fully saturated rings. The molecule has 0 unspecified atom stereocenters. The highest BCUT2D eigenvalue weighted by Crippen LogP contribution is 2.40. The number of aromatic hydroxyl groups is 1. The van der Waals surface area contributed by atoms with Crippen LogP contribution in [-0.2, 0) is 15.6 Å². The molecule has 0 radical (unpaired) electrons. The van der Waals surface area contributed by atoms with Crippen LogP contribution in [0.1, 0.15) is 25.8 Å². The molecule has 3 N–H and O–H groups in total. The van der Waals surface area contributed by atoms with Crippen LogP contribution in [0, 0.1) is 0 Å². The Labute approximate surface area is 191 Å². The zero-order chi connectivity index (χ0) is 23.8. The highest BCUT2D eigenvalue weighted by Gasteiger charge is 2.32. The van der Waals surface area contributed by atoms with Crippen LogP contribution in [0.25, 0.3) is 0 Å². The van der Waals surface area contributed by atoms with E-state index in [4.69, 9.17) is 11.6 Å². The second kappa shape index (κ2) is 8.57. The zero-order valence-corrected chi connectivity index (χ0v) is 19.6. The van der Waals surface area contributed by atoms with Gasteiger partial charge in [-0.05, 0) is 31.0 Å². The summed E-state index contributed by atoms with van der Waals surface area (Å²) in [5.74, 6) is -0.647. The third kappa shape index (κ3) is 3.99. The lowest BCUT2D eigenvalue weighted by Gasteiger charge is -2.32. The van der Waals surface area contributed by atoms with Gasteiger partial charge in [0.05, 0.1) is 16.2 Å². The van der Waals surface area contributed by atoms with Crippen LogP contribution in [0.15, 0.2) is 56.9 Å². The molecule has 0 saturated heterocycles. The number of phenolic OH excluding ortho intramolecular Hbond substituents is 1. The summed E-state index contributed by atoms with van der Waals surface area (Å²) in [6, 6.07) is 12.1. The van der Waals surface area contributed by atoms with Gasteiger partial charge in [-0.25, -0.2) is 12.7 Å². The quantitative estimate of drug-likeness (QED) is 0.336. The number of rotatable bonds is 8. The first-order valence-corrected chi connectivity index (χ1v) is 11.6. The number of hydrogen-bond donors (Lipinski definition) is 3. The van der Waals surface area contributed by atoms with Gasteiger partial charge in [-0.15, -0.1) is 0 Å². The van der Waals surface area contributed by atoms with Crippen molar-refractivity contribution in [2.24, 2.45) is 0 Å². The molecule has 0 aliphatic heterocycles. The molecule has 0 amide bonds. The molecule has 0 bridgehead atoms. The summed E-state index contributed by atoms with van der Waals surface area (Å²) in [6.07, 6.45) is 0.618. The number of anilines is 3. The fourth-order valence-corrected chi connectivity index (χ4v) is 4.77. The Hall–Kier alpha value is -2.88. The summed E-state index contributed by atoms with van der Waals surface area (Å²) < 4.78 is 26.0. The first-order valence-electron chi connectivity index (χ1n) is 9.82. The van der Waals surface area contributed by atoms with Crippen molar-refractivity contribution in [3.8, 4) is 5.75 Å². The van der Waals surface area contributed by atoms with E-state index in [9.17, 15) is 23.1 Å². The minimum atomic E-state index is -4.06. The van der Waals surface area contributed by atoms with Crippen molar-refractivity contribution in [1.29, 1.82) is 0 Å². The summed E-state index contributed by atoms with van der Waals surface area (Å²) in [4.78, 5) is 24.2. The van der Waals surface area contributed by atoms with Crippen molar-refractivity contribution in [3.63, 3.8) is 0 Å². The average molecular weight is 478 g/mol. The van der Waals surface area contributed by atoms with Crippen LogP contribution < -0.4 is 21.5 Å². The predicted octanol–water partition coefficient (Wildman–Crippen LogP) is 3.37. The van der Waals surface area contributed by atoms with Gasteiger partial charge in [0.1, 0.15) is 16.3 Å². The molecule has 170 valence electrons. The molecule has 32 heavy (non-hydrogen) atoms. The average Bonchev–Trinajstić information content (AvgIpc) is 2.77. The van der Waals surface area contributed by atoms with Crippen molar-refractivity contribution < 1.29 is 13.5 Å². The first-order chi connectivity index (χ1) is 14.9. The molecule has 8 nitrogen and oxygen atoms in total. The van der Waals surface area contributed by atoms with Gasteiger partial charge in [0, 0.05) is 14.1 Å². The Morgan fingerprint density at radius 3 is 2.19 bits per heavy atom. The fraction of sp³-hybridized carbons (Fsp3) is 0.273. The van der Waals surface area contributed by atoms with E-state index in [0.717, 1.165) is 9.87 Å². The van der Waals surface area contributed by atoms with Gasteiger partial charge >= 0.3 is 0 Å². The highest BCUT2D eigenvalue weighted by atomic mass is 35.5. The lowest BCUT2D eigenvalue weighted by molar-refractivity contribution is 0.455. The van der Waals surface area contributed by atoms with Crippen molar-refractivity contribution in [1.82, 2.24) is 4.31 Å². The van der Waals surface area contributed by atoms with Crippen LogP contribution in [0.5, 0.6) is 5.75 Å². The van der Waals surface area contributed by atoms with E-state index >= 15 is 0 Å². The molecular formula is C22H24ClN3O5S. The Kier molecular flexibility index (Phi) is 6.37. The van der Waals surface area contributed by atoms with Gasteiger partial charge < -0.3 is 15.7 Å². The SMILES string of the molecule is CC[C@@](C)(Nc1c(Nc2ccc(Cl)c(S(=O)(=O)N(C)C)c2O)c(=O)c1=O)c1ccccc1. The third-order valence-corrected chi connectivity index (χ3v) is 7.83. The van der Waals surface area contributed by atoms with E-state index < -0.39 is 37.1 Å². The summed E-state index contributed by atoms with van der Waals surface area (Å²) in [5, 5.41) is 16.3. The normalized spacial score (nSPS) is 13.8. The summed E-state index contributed by atoms with van der Waals surface area (Å²) in [6.45, 7) is 3.85. The molecule has 0 aliphatic rings. The Morgan fingerprint density at radius 2 is 1.62 bits per heavy atom. The summed E-state index contributed by atoms with van der Waals surface area (Å²) >= 11 is 6.03. The van der Waals surface area contributed by atoms with E-state index in [-0.39, 0.29) is 22.1 Å². The van der Waals surface area contributed by atoms with Crippen LogP contribution >= 0.6 is 11.6 Å². The number of benzene rings is 2. The van der Waals surface area contributed by atoms with Gasteiger partial charge in [-0.3, -0.25) is 9.59 Å². The molecule has 3 aromatic carbocycles. The second-order valence-corrected chi connectivity index (χ2v) is 10.3. The van der Waals surface area contributed by atoms with Gasteiger partial charge in [-0.2, -0.15) is 0 Å². The number of sulfonamides is 1. The van der Waals surface area contributed by atoms with Crippen LogP contribution in [-0.4, -0.2) is 31.9 Å². The van der Waals surface area contributed by atoms with Crippen molar-refractivity contribution in [2.45, 2.75) is 30.7 Å². The molecule has 1 atom stereocenters. The van der Waals surface area contributed by atoms with E-state index in [2.05, 4.69) is 10.6 Å². The molecule has 3 rings (SSSR count). The molecule has 3 aromatic rings. The maximum Gasteiger partial charge on any atom is 0.253 e. The molecule has 0 aliphatic carbocycles. The van der Waals surface area contributed by atoms with Crippen LogP contribution in [0.3, 0.4) is 0 Å². The summed E-state index contributed by atoms with van der Waals surface area (Å²) in [5.41, 5.74) is -1.24. The van der Waals surface area contributed by atoms with Crippen LogP contribution in [0.2, 0.25) is 5.02 Å². The minimum Gasteiger partial charge on any atom is -0.504 e. The summed E-state index contributed by atoms with van der Waals surface area (Å²) in [7, 11) is -1.45. The Morgan fingerprint density at radius 1 is 1.03 bits per heavy atom. The molecule has 10 heteroatoms. The van der Waals surface area contributed by atoms with E-state index in [1.165, 1.54) is 26.2 Å². The standard InChI is InChI=1S/C22H24ClN3O5S/c1-5-22(2,13-9-7-6-8-10-13)25-17-16(19(28)20(17)29)24-15-12-11-14(23)21(18(15)27)32(30,31)26(3)4/h6-12,24-25,27H,5H2,1-4H3/t22-/m1/s1. The lowest BCUT2D eigenvalue weighted by atomic mass is 9.88. The molecule has 0 heterocycles. The van der Waals surface area contributed by atoms with Gasteiger partial charge in [0.2, 0.25) is 10.0 Å². The van der Waals surface area contributed by atoms with Gasteiger partial charge in [0.15, 0.2) is 5.75 Å². The largest absolute Gasteiger partial charge is 0.504 e. The monoisotopic (exact) mass is 477 g/mol. The number of nitrogens with one attached hydrogen (secondary N) is 2. The fourth-order valence-electron chi connectivity index (χ4n) is 3.29.